The van der Waals surface area contributed by atoms with Gasteiger partial charge < -0.3 is 20.1 Å². The highest BCUT2D eigenvalue weighted by Gasteiger charge is 2.27. The first kappa shape index (κ1) is 16.7. The number of anilines is 1. The first-order chi connectivity index (χ1) is 11.6. The average molecular weight is 333 g/mol. The second kappa shape index (κ2) is 7.61. The van der Waals surface area contributed by atoms with Crippen molar-refractivity contribution in [2.24, 2.45) is 0 Å². The Kier molecular flexibility index (Phi) is 5.30. The lowest BCUT2D eigenvalue weighted by Crippen LogP contribution is -2.46. The Hall–Kier alpha value is -2.15. The molecule has 0 bridgehead atoms. The summed E-state index contributed by atoms with van der Waals surface area (Å²) in [6.45, 7) is 1.87. The molecule has 2 aliphatic heterocycles. The number of carbonyl (C=O) groups is 2. The van der Waals surface area contributed by atoms with E-state index in [1.54, 1.807) is 11.1 Å². The van der Waals surface area contributed by atoms with E-state index in [0.29, 0.717) is 31.9 Å². The topological polar surface area (TPSA) is 91.8 Å². The fourth-order valence-corrected chi connectivity index (χ4v) is 3.36. The number of hydrogen-bond acceptors (Lipinski definition) is 4. The van der Waals surface area contributed by atoms with Crippen LogP contribution in [0.3, 0.4) is 0 Å². The number of rotatable bonds is 4. The number of carboxylic acids is 1. The van der Waals surface area contributed by atoms with Gasteiger partial charge >= 0.3 is 12.0 Å². The molecule has 7 heteroatoms. The van der Waals surface area contributed by atoms with Crippen molar-refractivity contribution in [2.75, 3.05) is 18.5 Å². The van der Waals surface area contributed by atoms with Crippen molar-refractivity contribution < 1.29 is 19.4 Å². The van der Waals surface area contributed by atoms with Gasteiger partial charge in [0.05, 0.1) is 25.1 Å². The minimum Gasteiger partial charge on any atom is -0.481 e. The summed E-state index contributed by atoms with van der Waals surface area (Å²) in [5, 5.41) is 11.8. The van der Waals surface area contributed by atoms with Crippen LogP contribution in [0.5, 0.6) is 0 Å². The lowest BCUT2D eigenvalue weighted by atomic mass is 9.98. The van der Waals surface area contributed by atoms with Crippen LogP contribution in [0.4, 0.5) is 10.5 Å². The summed E-state index contributed by atoms with van der Waals surface area (Å²) >= 11 is 0. The third kappa shape index (κ3) is 4.03. The van der Waals surface area contributed by atoms with Crippen LogP contribution in [0, 0.1) is 0 Å². The number of ether oxygens (including phenoxy) is 1. The Morgan fingerprint density at radius 3 is 3.12 bits per heavy atom. The zero-order chi connectivity index (χ0) is 16.9. The number of carbonyl (C=O) groups excluding carboxylic acids is 1. The van der Waals surface area contributed by atoms with Crippen molar-refractivity contribution in [1.82, 2.24) is 9.88 Å². The second-order valence-corrected chi connectivity index (χ2v) is 6.34. The number of urea groups is 1. The summed E-state index contributed by atoms with van der Waals surface area (Å²) in [6.07, 6.45) is 5.91. The van der Waals surface area contributed by atoms with Gasteiger partial charge in [0.1, 0.15) is 0 Å². The molecule has 0 saturated carbocycles. The van der Waals surface area contributed by atoms with Crippen molar-refractivity contribution in [3.05, 3.63) is 23.5 Å². The number of likely N-dealkylation sites (tertiary alicyclic amines) is 1. The maximum absolute atomic E-state index is 12.6. The molecule has 2 aliphatic rings. The van der Waals surface area contributed by atoms with Crippen LogP contribution in [-0.2, 0) is 22.6 Å². The van der Waals surface area contributed by atoms with Crippen LogP contribution >= 0.6 is 0 Å². The van der Waals surface area contributed by atoms with Gasteiger partial charge in [0.15, 0.2) is 0 Å². The summed E-state index contributed by atoms with van der Waals surface area (Å²) in [7, 11) is 0. The molecule has 2 N–H and O–H groups in total. The minimum absolute atomic E-state index is 0.0104. The lowest BCUT2D eigenvalue weighted by Gasteiger charge is -2.35. The van der Waals surface area contributed by atoms with Crippen LogP contribution in [-0.4, -0.2) is 46.2 Å². The van der Waals surface area contributed by atoms with Crippen LogP contribution in [0.1, 0.15) is 43.4 Å². The van der Waals surface area contributed by atoms with Gasteiger partial charge in [0.25, 0.3) is 0 Å². The average Bonchev–Trinajstić information content (AvgIpc) is 2.60. The molecular weight excluding hydrogens is 310 g/mol. The van der Waals surface area contributed by atoms with Crippen molar-refractivity contribution >= 4 is 17.7 Å². The molecule has 1 unspecified atom stereocenters. The fourth-order valence-electron chi connectivity index (χ4n) is 3.36. The Morgan fingerprint density at radius 1 is 1.42 bits per heavy atom. The normalized spacial score (nSPS) is 20.3. The Bertz CT molecular complexity index is 620. The van der Waals surface area contributed by atoms with E-state index in [-0.39, 0.29) is 18.5 Å². The molecule has 1 saturated heterocycles. The summed E-state index contributed by atoms with van der Waals surface area (Å²) < 4.78 is 5.42. The standard InChI is InChI=1S/C17H23N3O4/c21-16(22)5-4-14-3-1-2-7-20(14)17(23)19-13-9-12-11-24-8-6-15(12)18-10-13/h9-10,14H,1-8,11H2,(H,19,23)(H,21,22). The van der Waals surface area contributed by atoms with E-state index in [4.69, 9.17) is 9.84 Å². The maximum atomic E-state index is 12.6. The molecular formula is C17H23N3O4. The molecule has 1 aromatic heterocycles. The van der Waals surface area contributed by atoms with E-state index >= 15 is 0 Å². The van der Waals surface area contributed by atoms with E-state index in [0.717, 1.165) is 36.9 Å². The molecule has 130 valence electrons. The SMILES string of the molecule is O=C(O)CCC1CCCCN1C(=O)Nc1cnc2c(c1)COCC2. The number of aromatic nitrogens is 1. The highest BCUT2D eigenvalue weighted by Crippen LogP contribution is 2.23. The minimum atomic E-state index is -0.820. The van der Waals surface area contributed by atoms with Gasteiger partial charge in [-0.05, 0) is 31.7 Å². The third-order valence-electron chi connectivity index (χ3n) is 4.63. The van der Waals surface area contributed by atoms with Crippen molar-refractivity contribution in [2.45, 2.75) is 51.2 Å². The molecule has 3 rings (SSSR count). The third-order valence-corrected chi connectivity index (χ3v) is 4.63. The highest BCUT2D eigenvalue weighted by molar-refractivity contribution is 5.89. The predicted octanol–water partition coefficient (Wildman–Crippen LogP) is 2.41. The number of amides is 2. The number of nitrogens with one attached hydrogen (secondary N) is 1. The van der Waals surface area contributed by atoms with E-state index in [1.165, 1.54) is 0 Å². The summed E-state index contributed by atoms with van der Waals surface area (Å²) in [4.78, 5) is 29.6. The molecule has 3 heterocycles. The van der Waals surface area contributed by atoms with Crippen molar-refractivity contribution in [3.8, 4) is 0 Å². The zero-order valence-corrected chi connectivity index (χ0v) is 13.7. The Balaban J connectivity index is 1.65. The van der Waals surface area contributed by atoms with Gasteiger partial charge in [-0.15, -0.1) is 0 Å². The molecule has 24 heavy (non-hydrogen) atoms. The highest BCUT2D eigenvalue weighted by atomic mass is 16.5. The van der Waals surface area contributed by atoms with Crippen LogP contribution in [0.15, 0.2) is 12.3 Å². The second-order valence-electron chi connectivity index (χ2n) is 6.34. The first-order valence-electron chi connectivity index (χ1n) is 8.48. The Morgan fingerprint density at radius 2 is 2.29 bits per heavy atom. The number of aliphatic carboxylic acids is 1. The van der Waals surface area contributed by atoms with Gasteiger partial charge in [0.2, 0.25) is 0 Å². The summed E-state index contributed by atoms with van der Waals surface area (Å²) in [5.74, 6) is -0.820. The summed E-state index contributed by atoms with van der Waals surface area (Å²) in [5.41, 5.74) is 2.70. The molecule has 0 spiro atoms. The lowest BCUT2D eigenvalue weighted by molar-refractivity contribution is -0.137. The van der Waals surface area contributed by atoms with Gasteiger partial charge in [-0.2, -0.15) is 0 Å². The van der Waals surface area contributed by atoms with E-state index in [1.807, 2.05) is 6.07 Å². The Labute approximate surface area is 141 Å². The fraction of sp³-hybridized carbons (Fsp3) is 0.588. The first-order valence-corrected chi connectivity index (χ1v) is 8.48. The van der Waals surface area contributed by atoms with Gasteiger partial charge in [-0.3, -0.25) is 9.78 Å². The molecule has 1 atom stereocenters. The van der Waals surface area contributed by atoms with Gasteiger partial charge in [-0.1, -0.05) is 0 Å². The van der Waals surface area contributed by atoms with E-state index in [9.17, 15) is 9.59 Å². The van der Waals surface area contributed by atoms with Crippen LogP contribution < -0.4 is 5.32 Å². The molecule has 0 radical (unpaired) electrons. The van der Waals surface area contributed by atoms with Gasteiger partial charge in [-0.25, -0.2) is 4.79 Å². The van der Waals surface area contributed by atoms with Crippen LogP contribution in [0.2, 0.25) is 0 Å². The number of pyridine rings is 1. The van der Waals surface area contributed by atoms with E-state index < -0.39 is 5.97 Å². The number of carboxylic acid groups (broad SMARTS) is 1. The number of fused-ring (bicyclic) bond motifs is 1. The molecule has 2 amide bonds. The largest absolute Gasteiger partial charge is 0.481 e. The molecule has 0 aromatic carbocycles. The molecule has 1 fully saturated rings. The quantitative estimate of drug-likeness (QED) is 0.883. The van der Waals surface area contributed by atoms with E-state index in [2.05, 4.69) is 10.3 Å². The molecule has 1 aromatic rings. The maximum Gasteiger partial charge on any atom is 0.322 e. The predicted molar refractivity (Wildman–Crippen MR) is 87.8 cm³/mol. The number of hydrogen-bond donors (Lipinski definition) is 2. The number of nitrogens with zero attached hydrogens (tertiary/aromatic N) is 2. The van der Waals surface area contributed by atoms with Crippen molar-refractivity contribution in [3.63, 3.8) is 0 Å². The molecule has 0 aliphatic carbocycles. The number of piperidine rings is 1. The monoisotopic (exact) mass is 333 g/mol. The van der Waals surface area contributed by atoms with Crippen LogP contribution in [0.25, 0.3) is 0 Å². The molecule has 7 nitrogen and oxygen atoms in total. The zero-order valence-electron chi connectivity index (χ0n) is 13.7. The summed E-state index contributed by atoms with van der Waals surface area (Å²) in [6, 6.07) is 1.72. The van der Waals surface area contributed by atoms with Gasteiger partial charge in [0, 0.05) is 36.7 Å². The van der Waals surface area contributed by atoms with Crippen molar-refractivity contribution in [1.29, 1.82) is 0 Å². The smallest absolute Gasteiger partial charge is 0.322 e.